The first-order valence-electron chi connectivity index (χ1n) is 6.24. The quantitative estimate of drug-likeness (QED) is 0.753. The predicted octanol–water partition coefficient (Wildman–Crippen LogP) is 2.76. The maximum atomic E-state index is 11.9. The van der Waals surface area contributed by atoms with Gasteiger partial charge in [-0.05, 0) is 32.4 Å². The van der Waals surface area contributed by atoms with Crippen LogP contribution in [-0.2, 0) is 4.79 Å². The van der Waals surface area contributed by atoms with Gasteiger partial charge >= 0.3 is 5.97 Å². The molecule has 1 amide bonds. The molecule has 1 aromatic rings. The normalized spacial score (nSPS) is 13.8. The number of carbonyl (C=O) groups excluding carboxylic acids is 1. The monoisotopic (exact) mass is 285 g/mol. The highest BCUT2D eigenvalue weighted by Crippen LogP contribution is 2.25. The molecule has 6 heteroatoms. The van der Waals surface area contributed by atoms with E-state index in [9.17, 15) is 9.59 Å². The van der Waals surface area contributed by atoms with Gasteiger partial charge in [0.2, 0.25) is 11.7 Å². The van der Waals surface area contributed by atoms with Gasteiger partial charge in [0, 0.05) is 6.04 Å². The van der Waals surface area contributed by atoms with E-state index in [1.165, 1.54) is 17.8 Å². The van der Waals surface area contributed by atoms with Crippen LogP contribution < -0.4 is 5.32 Å². The zero-order valence-electron chi connectivity index (χ0n) is 11.3. The fourth-order valence-electron chi connectivity index (χ4n) is 1.59. The summed E-state index contributed by atoms with van der Waals surface area (Å²) in [5.74, 6) is -1.30. The predicted molar refractivity (Wildman–Crippen MR) is 73.5 cm³/mol. The summed E-state index contributed by atoms with van der Waals surface area (Å²) in [6.07, 6.45) is 1.95. The Labute approximate surface area is 116 Å². The average molecular weight is 285 g/mol. The third-order valence-electron chi connectivity index (χ3n) is 2.56. The largest absolute Gasteiger partial charge is 0.475 e. The third-order valence-corrected chi connectivity index (χ3v) is 3.58. The summed E-state index contributed by atoms with van der Waals surface area (Å²) in [6.45, 7) is 5.80. The van der Waals surface area contributed by atoms with Gasteiger partial charge in [-0.3, -0.25) is 4.79 Å². The Balaban J connectivity index is 2.51. The number of hydrogen-bond acceptors (Lipinski definition) is 4. The van der Waals surface area contributed by atoms with Crippen LogP contribution in [0, 0.1) is 0 Å². The fourth-order valence-corrected chi connectivity index (χ4v) is 2.40. The highest BCUT2D eigenvalue weighted by molar-refractivity contribution is 8.00. The molecule has 2 N–H and O–H groups in total. The number of carboxylic acid groups (broad SMARTS) is 1. The van der Waals surface area contributed by atoms with Crippen molar-refractivity contribution in [2.75, 3.05) is 0 Å². The van der Waals surface area contributed by atoms with Crippen LogP contribution in [0.4, 0.5) is 0 Å². The second kappa shape index (κ2) is 7.23. The SMILES string of the molecule is CCCC(C)NC(=O)C(C)Sc1ccc(C(=O)O)o1. The molecule has 0 aliphatic heterocycles. The summed E-state index contributed by atoms with van der Waals surface area (Å²) in [5.41, 5.74) is 0. The van der Waals surface area contributed by atoms with Crippen molar-refractivity contribution in [3.63, 3.8) is 0 Å². The number of amides is 1. The number of furan rings is 1. The standard InChI is InChI=1S/C13H19NO4S/c1-4-5-8(2)14-12(15)9(3)19-11-7-6-10(18-11)13(16)17/h6-9H,4-5H2,1-3H3,(H,14,15)(H,16,17). The highest BCUT2D eigenvalue weighted by atomic mass is 32.2. The molecule has 0 spiro atoms. The van der Waals surface area contributed by atoms with Crippen molar-refractivity contribution in [3.8, 4) is 0 Å². The van der Waals surface area contributed by atoms with Gasteiger partial charge in [0.1, 0.15) is 0 Å². The number of nitrogens with one attached hydrogen (secondary N) is 1. The van der Waals surface area contributed by atoms with E-state index in [4.69, 9.17) is 9.52 Å². The molecule has 19 heavy (non-hydrogen) atoms. The van der Waals surface area contributed by atoms with E-state index in [0.29, 0.717) is 5.09 Å². The van der Waals surface area contributed by atoms with Crippen molar-refractivity contribution in [2.45, 2.75) is 50.0 Å². The van der Waals surface area contributed by atoms with Crippen molar-refractivity contribution in [2.24, 2.45) is 0 Å². The second-order valence-corrected chi connectivity index (χ2v) is 5.73. The Bertz CT molecular complexity index is 444. The molecule has 0 radical (unpaired) electrons. The Hall–Kier alpha value is -1.43. The summed E-state index contributed by atoms with van der Waals surface area (Å²) in [6, 6.07) is 3.09. The van der Waals surface area contributed by atoms with Gasteiger partial charge in [-0.25, -0.2) is 4.79 Å². The molecule has 0 bridgehead atoms. The first kappa shape index (κ1) is 15.6. The molecule has 2 atom stereocenters. The molecule has 0 saturated heterocycles. The molecule has 5 nitrogen and oxygen atoms in total. The summed E-state index contributed by atoms with van der Waals surface area (Å²) < 4.78 is 5.10. The molecule has 0 fully saturated rings. The summed E-state index contributed by atoms with van der Waals surface area (Å²) in [4.78, 5) is 22.6. The van der Waals surface area contributed by atoms with Crippen LogP contribution in [0.1, 0.15) is 44.2 Å². The lowest BCUT2D eigenvalue weighted by Gasteiger charge is -2.15. The Morgan fingerprint density at radius 1 is 1.42 bits per heavy atom. The van der Waals surface area contributed by atoms with E-state index < -0.39 is 5.97 Å². The second-order valence-electron chi connectivity index (χ2n) is 4.38. The van der Waals surface area contributed by atoms with E-state index in [0.717, 1.165) is 12.8 Å². The van der Waals surface area contributed by atoms with Crippen LogP contribution in [0.5, 0.6) is 0 Å². The molecule has 0 aromatic carbocycles. The highest BCUT2D eigenvalue weighted by Gasteiger charge is 2.18. The van der Waals surface area contributed by atoms with Gasteiger partial charge in [0.05, 0.1) is 5.25 Å². The minimum absolute atomic E-state index is 0.0702. The van der Waals surface area contributed by atoms with Crippen molar-refractivity contribution in [1.82, 2.24) is 5.32 Å². The van der Waals surface area contributed by atoms with Gasteiger partial charge in [-0.1, -0.05) is 25.1 Å². The Morgan fingerprint density at radius 2 is 2.11 bits per heavy atom. The topological polar surface area (TPSA) is 79.5 Å². The van der Waals surface area contributed by atoms with Gasteiger partial charge in [-0.2, -0.15) is 0 Å². The van der Waals surface area contributed by atoms with E-state index in [1.54, 1.807) is 13.0 Å². The van der Waals surface area contributed by atoms with E-state index in [2.05, 4.69) is 12.2 Å². The number of rotatable bonds is 7. The molecule has 106 valence electrons. The van der Waals surface area contributed by atoms with Crippen molar-refractivity contribution < 1.29 is 19.1 Å². The molecule has 1 heterocycles. The Morgan fingerprint density at radius 3 is 2.63 bits per heavy atom. The van der Waals surface area contributed by atoms with Crippen LogP contribution in [-0.4, -0.2) is 28.3 Å². The number of carboxylic acids is 1. The molecule has 2 unspecified atom stereocenters. The first-order chi connectivity index (χ1) is 8.93. The lowest BCUT2D eigenvalue weighted by molar-refractivity contribution is -0.120. The number of hydrogen-bond donors (Lipinski definition) is 2. The van der Waals surface area contributed by atoms with Gasteiger partial charge in [0.25, 0.3) is 0 Å². The number of aromatic carboxylic acids is 1. The lowest BCUT2D eigenvalue weighted by atomic mass is 10.2. The molecule has 1 aromatic heterocycles. The number of carbonyl (C=O) groups is 2. The summed E-state index contributed by atoms with van der Waals surface area (Å²) in [7, 11) is 0. The van der Waals surface area contributed by atoms with Gasteiger partial charge in [0.15, 0.2) is 5.09 Å². The lowest BCUT2D eigenvalue weighted by Crippen LogP contribution is -2.37. The molecule has 0 saturated carbocycles. The molecule has 1 rings (SSSR count). The van der Waals surface area contributed by atoms with Crippen LogP contribution in [0.25, 0.3) is 0 Å². The van der Waals surface area contributed by atoms with Gasteiger partial charge < -0.3 is 14.8 Å². The van der Waals surface area contributed by atoms with Crippen molar-refractivity contribution >= 4 is 23.6 Å². The number of thioether (sulfide) groups is 1. The van der Waals surface area contributed by atoms with Crippen molar-refractivity contribution in [1.29, 1.82) is 0 Å². The maximum Gasteiger partial charge on any atom is 0.371 e. The first-order valence-corrected chi connectivity index (χ1v) is 7.12. The maximum absolute atomic E-state index is 11.9. The van der Waals surface area contributed by atoms with Gasteiger partial charge in [-0.15, -0.1) is 0 Å². The zero-order chi connectivity index (χ0) is 14.4. The van der Waals surface area contributed by atoms with E-state index in [1.807, 2.05) is 6.92 Å². The molecular formula is C13H19NO4S. The Kier molecular flexibility index (Phi) is 5.95. The smallest absolute Gasteiger partial charge is 0.371 e. The minimum atomic E-state index is -1.11. The average Bonchev–Trinajstić information content (AvgIpc) is 2.77. The fraction of sp³-hybridized carbons (Fsp3) is 0.538. The minimum Gasteiger partial charge on any atom is -0.475 e. The third kappa shape index (κ3) is 4.98. The van der Waals surface area contributed by atoms with Crippen LogP contribution in [0.3, 0.4) is 0 Å². The van der Waals surface area contributed by atoms with E-state index >= 15 is 0 Å². The summed E-state index contributed by atoms with van der Waals surface area (Å²) in [5, 5.41) is 11.8. The van der Waals surface area contributed by atoms with Crippen molar-refractivity contribution in [3.05, 3.63) is 17.9 Å². The molecule has 0 aliphatic carbocycles. The van der Waals surface area contributed by atoms with E-state index in [-0.39, 0.29) is 23.0 Å². The summed E-state index contributed by atoms with van der Waals surface area (Å²) >= 11 is 1.21. The van der Waals surface area contributed by atoms with Crippen LogP contribution in [0.15, 0.2) is 21.6 Å². The zero-order valence-corrected chi connectivity index (χ0v) is 12.1. The van der Waals surface area contributed by atoms with Crippen LogP contribution in [0.2, 0.25) is 0 Å². The molecular weight excluding hydrogens is 266 g/mol. The van der Waals surface area contributed by atoms with Crippen LogP contribution >= 0.6 is 11.8 Å². The molecule has 0 aliphatic rings.